The molecular formula is C50H37N3. The van der Waals surface area contributed by atoms with Gasteiger partial charge in [-0.15, -0.1) is 0 Å². The van der Waals surface area contributed by atoms with Gasteiger partial charge in [-0.2, -0.15) is 0 Å². The molecule has 2 aliphatic carbocycles. The molecule has 1 fully saturated rings. The average molecular weight is 680 g/mol. The molecule has 252 valence electrons. The molecule has 8 aromatic rings. The molecule has 0 aromatic heterocycles. The molecule has 0 bridgehead atoms. The van der Waals surface area contributed by atoms with Gasteiger partial charge in [0.15, 0.2) is 0 Å². The first-order valence-electron chi connectivity index (χ1n) is 18.6. The van der Waals surface area contributed by atoms with Crippen LogP contribution in [-0.4, -0.2) is 0 Å². The van der Waals surface area contributed by atoms with Gasteiger partial charge >= 0.3 is 0 Å². The normalized spacial score (nSPS) is 19.1. The lowest BCUT2D eigenvalue weighted by Gasteiger charge is -2.40. The Morgan fingerprint density at radius 2 is 0.792 bits per heavy atom. The summed E-state index contributed by atoms with van der Waals surface area (Å²) in [5, 5.41) is 14.3. The number of fused-ring (bicyclic) bond motifs is 11. The fourth-order valence-corrected chi connectivity index (χ4v) is 9.68. The number of hydrogen-bond acceptors (Lipinski definition) is 3. The van der Waals surface area contributed by atoms with Gasteiger partial charge in [-0.05, 0) is 83.1 Å². The second-order valence-electron chi connectivity index (χ2n) is 14.5. The Labute approximate surface area is 310 Å². The number of hydrogen-bond donors (Lipinski definition) is 3. The van der Waals surface area contributed by atoms with Gasteiger partial charge < -0.3 is 0 Å². The Hall–Kier alpha value is -6.10. The summed E-state index contributed by atoms with van der Waals surface area (Å²) in [6.07, 6.45) is -0.284. The molecule has 1 aliphatic heterocycles. The first-order valence-corrected chi connectivity index (χ1v) is 18.6. The van der Waals surface area contributed by atoms with E-state index in [9.17, 15) is 0 Å². The molecule has 11 rings (SSSR count). The molecule has 8 aromatic carbocycles. The number of nitrogens with one attached hydrogen (secondary N) is 3. The van der Waals surface area contributed by atoms with E-state index in [1.807, 2.05) is 0 Å². The average Bonchev–Trinajstić information content (AvgIpc) is 3.71. The van der Waals surface area contributed by atoms with Crippen molar-refractivity contribution in [1.29, 1.82) is 0 Å². The SMILES string of the molecule is c1ccc(C2NC(c3ccccc3)NC(c3ccc4ccccc4c3-c3cccc4c3-c3ccccc3C43c4ccccc4-c4ccccc43)N2)cc1. The minimum absolute atomic E-state index is 0.0658. The summed E-state index contributed by atoms with van der Waals surface area (Å²) in [6, 6.07) is 69.2. The first-order chi connectivity index (χ1) is 26.3. The Morgan fingerprint density at radius 3 is 1.43 bits per heavy atom. The van der Waals surface area contributed by atoms with E-state index in [4.69, 9.17) is 0 Å². The molecule has 3 heteroatoms. The van der Waals surface area contributed by atoms with Gasteiger partial charge in [0.25, 0.3) is 0 Å². The lowest BCUT2D eigenvalue weighted by Crippen LogP contribution is -2.54. The Morgan fingerprint density at radius 1 is 0.321 bits per heavy atom. The molecule has 3 nitrogen and oxygen atoms in total. The maximum atomic E-state index is 4.00. The molecule has 2 atom stereocenters. The summed E-state index contributed by atoms with van der Waals surface area (Å²) in [5.41, 5.74) is 16.5. The van der Waals surface area contributed by atoms with Crippen LogP contribution >= 0.6 is 0 Å². The number of rotatable bonds is 4. The zero-order chi connectivity index (χ0) is 34.9. The van der Waals surface area contributed by atoms with E-state index >= 15 is 0 Å². The highest BCUT2D eigenvalue weighted by Crippen LogP contribution is 2.64. The molecule has 1 heterocycles. The van der Waals surface area contributed by atoms with Gasteiger partial charge in [0.1, 0.15) is 0 Å². The van der Waals surface area contributed by atoms with Crippen molar-refractivity contribution in [3.8, 4) is 33.4 Å². The minimum atomic E-state index is -0.401. The van der Waals surface area contributed by atoms with Crippen molar-refractivity contribution >= 4 is 10.8 Å². The summed E-state index contributed by atoms with van der Waals surface area (Å²) < 4.78 is 0. The molecule has 3 aliphatic rings. The molecule has 0 saturated carbocycles. The smallest absolute Gasteiger partial charge is 0.0870 e. The van der Waals surface area contributed by atoms with Crippen LogP contribution in [0.5, 0.6) is 0 Å². The Balaban J connectivity index is 1.17. The topological polar surface area (TPSA) is 36.1 Å². The fourth-order valence-electron chi connectivity index (χ4n) is 9.68. The van der Waals surface area contributed by atoms with E-state index in [-0.39, 0.29) is 18.5 Å². The van der Waals surface area contributed by atoms with Crippen LogP contribution in [0.25, 0.3) is 44.2 Å². The predicted octanol–water partition coefficient (Wildman–Crippen LogP) is 11.0. The molecule has 0 amide bonds. The largest absolute Gasteiger partial charge is 0.279 e. The summed E-state index contributed by atoms with van der Waals surface area (Å²) in [6.45, 7) is 0. The predicted molar refractivity (Wildman–Crippen MR) is 216 cm³/mol. The van der Waals surface area contributed by atoms with Crippen LogP contribution in [0.15, 0.2) is 188 Å². The molecule has 0 radical (unpaired) electrons. The third-order valence-corrected chi connectivity index (χ3v) is 11.8. The van der Waals surface area contributed by atoms with Crippen molar-refractivity contribution < 1.29 is 0 Å². The van der Waals surface area contributed by atoms with Gasteiger partial charge in [0.05, 0.1) is 23.9 Å². The van der Waals surface area contributed by atoms with E-state index in [1.54, 1.807) is 0 Å². The van der Waals surface area contributed by atoms with Crippen LogP contribution in [0.1, 0.15) is 57.4 Å². The quantitative estimate of drug-likeness (QED) is 0.173. The van der Waals surface area contributed by atoms with E-state index in [0.29, 0.717) is 0 Å². The van der Waals surface area contributed by atoms with Crippen LogP contribution in [0.2, 0.25) is 0 Å². The number of benzene rings is 8. The molecule has 53 heavy (non-hydrogen) atoms. The standard InChI is InChI=1S/C50H37N3/c1-3-17-33(18-4-1)47-51-48(34-19-5-2-6-20-34)53-49(52-47)40-31-30-32-16-7-8-21-35(32)45(40)39-25-15-29-44-46(39)38-24-11-14-28-43(38)50(44)41-26-12-9-22-36(41)37-23-10-13-27-42(37)50/h1-31,47-49,51-53H. The van der Waals surface area contributed by atoms with Crippen LogP contribution in [0.4, 0.5) is 0 Å². The lowest BCUT2D eigenvalue weighted by molar-refractivity contribution is 0.203. The highest BCUT2D eigenvalue weighted by Gasteiger charge is 2.52. The molecule has 1 saturated heterocycles. The monoisotopic (exact) mass is 679 g/mol. The third-order valence-electron chi connectivity index (χ3n) is 11.8. The van der Waals surface area contributed by atoms with Gasteiger partial charge in [0, 0.05) is 0 Å². The molecule has 2 unspecified atom stereocenters. The zero-order valence-electron chi connectivity index (χ0n) is 29.1. The molecular weight excluding hydrogens is 643 g/mol. The van der Waals surface area contributed by atoms with Gasteiger partial charge in [-0.25, -0.2) is 0 Å². The summed E-state index contributed by atoms with van der Waals surface area (Å²) in [7, 11) is 0. The van der Waals surface area contributed by atoms with Gasteiger partial charge in [0.2, 0.25) is 0 Å². The van der Waals surface area contributed by atoms with Crippen molar-refractivity contribution in [2.75, 3.05) is 0 Å². The molecule has 3 N–H and O–H groups in total. The van der Waals surface area contributed by atoms with Crippen LogP contribution in [-0.2, 0) is 5.41 Å². The van der Waals surface area contributed by atoms with E-state index < -0.39 is 5.41 Å². The summed E-state index contributed by atoms with van der Waals surface area (Å²) in [5.74, 6) is 0. The van der Waals surface area contributed by atoms with Crippen molar-refractivity contribution in [3.63, 3.8) is 0 Å². The second kappa shape index (κ2) is 12.0. The van der Waals surface area contributed by atoms with Crippen molar-refractivity contribution in [3.05, 3.63) is 227 Å². The van der Waals surface area contributed by atoms with Crippen LogP contribution in [0.3, 0.4) is 0 Å². The van der Waals surface area contributed by atoms with E-state index in [0.717, 1.165) is 0 Å². The van der Waals surface area contributed by atoms with Crippen molar-refractivity contribution in [1.82, 2.24) is 16.0 Å². The highest BCUT2D eigenvalue weighted by atomic mass is 15.4. The van der Waals surface area contributed by atoms with Crippen LogP contribution in [0, 0.1) is 0 Å². The second-order valence-corrected chi connectivity index (χ2v) is 14.5. The van der Waals surface area contributed by atoms with Gasteiger partial charge in [-0.3, -0.25) is 16.0 Å². The van der Waals surface area contributed by atoms with E-state index in [2.05, 4.69) is 204 Å². The van der Waals surface area contributed by atoms with Crippen molar-refractivity contribution in [2.24, 2.45) is 0 Å². The Kier molecular flexibility index (Phi) is 6.90. The third kappa shape index (κ3) is 4.46. The first kappa shape index (κ1) is 30.5. The maximum absolute atomic E-state index is 4.00. The summed E-state index contributed by atoms with van der Waals surface area (Å²) in [4.78, 5) is 0. The lowest BCUT2D eigenvalue weighted by atomic mass is 9.70. The molecule has 1 spiro atoms. The summed E-state index contributed by atoms with van der Waals surface area (Å²) >= 11 is 0. The zero-order valence-corrected chi connectivity index (χ0v) is 29.1. The minimum Gasteiger partial charge on any atom is -0.279 e. The van der Waals surface area contributed by atoms with Crippen molar-refractivity contribution in [2.45, 2.75) is 23.9 Å². The highest BCUT2D eigenvalue weighted by molar-refractivity contribution is 6.06. The fraction of sp³-hybridized carbons (Fsp3) is 0.0800. The van der Waals surface area contributed by atoms with Crippen LogP contribution < -0.4 is 16.0 Å². The van der Waals surface area contributed by atoms with Gasteiger partial charge in [-0.1, -0.05) is 188 Å². The maximum Gasteiger partial charge on any atom is 0.0870 e. The Bertz CT molecular complexity index is 2590. The van der Waals surface area contributed by atoms with E-state index in [1.165, 1.54) is 83.1 Å².